The lowest BCUT2D eigenvalue weighted by molar-refractivity contribution is -0.123. The molecule has 0 aliphatic heterocycles. The standard InChI is InChI=1S/C10H15NOS/c1-13-7-3-6-10(8-11)5-2-4-9(10)12/h2-7H2,1H3. The molecule has 0 heterocycles. The van der Waals surface area contributed by atoms with E-state index in [4.69, 9.17) is 5.26 Å². The lowest BCUT2D eigenvalue weighted by atomic mass is 9.82. The van der Waals surface area contributed by atoms with Crippen molar-refractivity contribution in [3.05, 3.63) is 0 Å². The third kappa shape index (κ3) is 2.25. The minimum Gasteiger partial charge on any atom is -0.298 e. The van der Waals surface area contributed by atoms with Crippen molar-refractivity contribution in [2.75, 3.05) is 12.0 Å². The summed E-state index contributed by atoms with van der Waals surface area (Å²) in [6.45, 7) is 0. The van der Waals surface area contributed by atoms with Gasteiger partial charge >= 0.3 is 0 Å². The molecule has 1 rings (SSSR count). The second-order valence-electron chi connectivity index (χ2n) is 3.57. The maximum Gasteiger partial charge on any atom is 0.153 e. The van der Waals surface area contributed by atoms with Crippen molar-refractivity contribution in [3.8, 4) is 6.07 Å². The number of hydrogen-bond acceptors (Lipinski definition) is 3. The molecular formula is C10H15NOS. The number of nitrogens with zero attached hydrogens (tertiary/aromatic N) is 1. The summed E-state index contributed by atoms with van der Waals surface area (Å²) in [5.74, 6) is 1.23. The Balaban J connectivity index is 2.51. The van der Waals surface area contributed by atoms with E-state index < -0.39 is 5.41 Å². The number of Topliss-reactive ketones (excluding diaryl/α,β-unsaturated/α-hetero) is 1. The van der Waals surface area contributed by atoms with Crippen LogP contribution in [0.2, 0.25) is 0 Å². The second-order valence-corrected chi connectivity index (χ2v) is 4.55. The third-order valence-electron chi connectivity index (χ3n) is 2.71. The molecule has 0 saturated heterocycles. The second kappa shape index (κ2) is 4.66. The topological polar surface area (TPSA) is 40.9 Å². The van der Waals surface area contributed by atoms with E-state index in [0.717, 1.165) is 31.4 Å². The zero-order valence-electron chi connectivity index (χ0n) is 8.01. The van der Waals surface area contributed by atoms with Gasteiger partial charge in [-0.15, -0.1) is 0 Å². The summed E-state index contributed by atoms with van der Waals surface area (Å²) in [6.07, 6.45) is 6.12. The van der Waals surface area contributed by atoms with Crippen LogP contribution in [0.4, 0.5) is 0 Å². The van der Waals surface area contributed by atoms with Gasteiger partial charge in [0, 0.05) is 6.42 Å². The normalized spacial score (nSPS) is 27.5. The van der Waals surface area contributed by atoms with Gasteiger partial charge in [0.25, 0.3) is 0 Å². The first-order chi connectivity index (χ1) is 6.25. The molecule has 1 saturated carbocycles. The molecule has 2 nitrogen and oxygen atoms in total. The van der Waals surface area contributed by atoms with Crippen molar-refractivity contribution in [1.29, 1.82) is 5.26 Å². The highest BCUT2D eigenvalue weighted by molar-refractivity contribution is 7.98. The summed E-state index contributed by atoms with van der Waals surface area (Å²) >= 11 is 1.77. The molecule has 0 aromatic heterocycles. The summed E-state index contributed by atoms with van der Waals surface area (Å²) in [7, 11) is 0. The van der Waals surface area contributed by atoms with Crippen molar-refractivity contribution in [2.45, 2.75) is 32.1 Å². The van der Waals surface area contributed by atoms with Crippen molar-refractivity contribution in [2.24, 2.45) is 5.41 Å². The zero-order valence-corrected chi connectivity index (χ0v) is 8.82. The van der Waals surface area contributed by atoms with Crippen LogP contribution >= 0.6 is 11.8 Å². The Labute approximate surface area is 83.7 Å². The van der Waals surface area contributed by atoms with E-state index in [2.05, 4.69) is 12.3 Å². The van der Waals surface area contributed by atoms with Crippen LogP contribution in [-0.2, 0) is 4.79 Å². The highest BCUT2D eigenvalue weighted by Gasteiger charge is 2.41. The molecular weight excluding hydrogens is 182 g/mol. The Morgan fingerprint density at radius 2 is 2.46 bits per heavy atom. The van der Waals surface area contributed by atoms with Gasteiger partial charge in [-0.25, -0.2) is 0 Å². The SMILES string of the molecule is CSCCCC1(C#N)CCCC1=O. The average Bonchev–Trinajstić information content (AvgIpc) is 2.49. The van der Waals surface area contributed by atoms with Crippen LogP contribution in [0.1, 0.15) is 32.1 Å². The first-order valence-corrected chi connectivity index (χ1v) is 6.08. The van der Waals surface area contributed by atoms with Gasteiger partial charge in [0.05, 0.1) is 6.07 Å². The maximum absolute atomic E-state index is 11.5. The van der Waals surface area contributed by atoms with Gasteiger partial charge in [0.2, 0.25) is 0 Å². The van der Waals surface area contributed by atoms with Crippen molar-refractivity contribution < 1.29 is 4.79 Å². The smallest absolute Gasteiger partial charge is 0.153 e. The van der Waals surface area contributed by atoms with Crippen molar-refractivity contribution >= 4 is 17.5 Å². The van der Waals surface area contributed by atoms with Gasteiger partial charge < -0.3 is 0 Å². The number of rotatable bonds is 4. The molecule has 0 spiro atoms. The van der Waals surface area contributed by atoms with E-state index in [9.17, 15) is 4.79 Å². The predicted molar refractivity (Wildman–Crippen MR) is 54.5 cm³/mol. The molecule has 0 aromatic carbocycles. The Bertz CT molecular complexity index is 234. The minimum absolute atomic E-state index is 0.177. The van der Waals surface area contributed by atoms with Gasteiger partial charge in [-0.2, -0.15) is 17.0 Å². The number of hydrogen-bond donors (Lipinski definition) is 0. The summed E-state index contributed by atoms with van der Waals surface area (Å²) < 4.78 is 0. The van der Waals surface area contributed by atoms with Gasteiger partial charge in [-0.1, -0.05) is 0 Å². The Morgan fingerprint density at radius 3 is 2.92 bits per heavy atom. The van der Waals surface area contributed by atoms with Gasteiger partial charge in [0.1, 0.15) is 5.41 Å². The van der Waals surface area contributed by atoms with Crippen molar-refractivity contribution in [3.63, 3.8) is 0 Å². The van der Waals surface area contributed by atoms with E-state index in [0.29, 0.717) is 6.42 Å². The van der Waals surface area contributed by atoms with E-state index in [-0.39, 0.29) is 5.78 Å². The summed E-state index contributed by atoms with van der Waals surface area (Å²) in [5, 5.41) is 9.01. The molecule has 1 unspecified atom stereocenters. The fourth-order valence-corrected chi connectivity index (χ4v) is 2.32. The number of nitriles is 1. The summed E-state index contributed by atoms with van der Waals surface area (Å²) in [5.41, 5.74) is -0.601. The third-order valence-corrected chi connectivity index (χ3v) is 3.40. The van der Waals surface area contributed by atoms with Crippen LogP contribution < -0.4 is 0 Å². The molecule has 1 aliphatic carbocycles. The molecule has 1 atom stereocenters. The summed E-state index contributed by atoms with van der Waals surface area (Å²) in [6, 6.07) is 2.23. The lowest BCUT2D eigenvalue weighted by Crippen LogP contribution is -2.23. The van der Waals surface area contributed by atoms with E-state index in [1.54, 1.807) is 11.8 Å². The molecule has 3 heteroatoms. The predicted octanol–water partition coefficient (Wildman–Crippen LogP) is 2.39. The number of thioether (sulfide) groups is 1. The van der Waals surface area contributed by atoms with Crippen LogP contribution in [0, 0.1) is 16.7 Å². The fourth-order valence-electron chi connectivity index (χ4n) is 1.89. The molecule has 1 aliphatic rings. The first-order valence-electron chi connectivity index (χ1n) is 4.69. The molecule has 0 radical (unpaired) electrons. The molecule has 0 N–H and O–H groups in total. The minimum atomic E-state index is -0.601. The molecule has 1 fully saturated rings. The lowest BCUT2D eigenvalue weighted by Gasteiger charge is -2.17. The fraction of sp³-hybridized carbons (Fsp3) is 0.800. The molecule has 13 heavy (non-hydrogen) atoms. The number of carbonyl (C=O) groups excluding carboxylic acids is 1. The Kier molecular flexibility index (Phi) is 3.80. The molecule has 72 valence electrons. The first kappa shape index (κ1) is 10.6. The quantitative estimate of drug-likeness (QED) is 0.650. The number of carbonyl (C=O) groups is 1. The average molecular weight is 197 g/mol. The van der Waals surface area contributed by atoms with Gasteiger partial charge in [0.15, 0.2) is 5.78 Å². The molecule has 0 amide bonds. The molecule has 0 bridgehead atoms. The highest BCUT2D eigenvalue weighted by atomic mass is 32.2. The van der Waals surface area contributed by atoms with Gasteiger partial charge in [-0.05, 0) is 37.7 Å². The van der Waals surface area contributed by atoms with E-state index >= 15 is 0 Å². The van der Waals surface area contributed by atoms with Gasteiger partial charge in [-0.3, -0.25) is 4.79 Å². The van der Waals surface area contributed by atoms with Crippen LogP contribution in [0.5, 0.6) is 0 Å². The van der Waals surface area contributed by atoms with E-state index in [1.807, 2.05) is 0 Å². The highest BCUT2D eigenvalue weighted by Crippen LogP contribution is 2.38. The van der Waals surface area contributed by atoms with Crippen LogP contribution in [-0.4, -0.2) is 17.8 Å². The largest absolute Gasteiger partial charge is 0.298 e. The monoisotopic (exact) mass is 197 g/mol. The molecule has 0 aromatic rings. The van der Waals surface area contributed by atoms with Crippen molar-refractivity contribution in [1.82, 2.24) is 0 Å². The summed E-state index contributed by atoms with van der Waals surface area (Å²) in [4.78, 5) is 11.5. The van der Waals surface area contributed by atoms with Crippen LogP contribution in [0.15, 0.2) is 0 Å². The maximum atomic E-state index is 11.5. The Hall–Kier alpha value is -0.490. The van der Waals surface area contributed by atoms with E-state index in [1.165, 1.54) is 0 Å². The van der Waals surface area contributed by atoms with Crippen LogP contribution in [0.25, 0.3) is 0 Å². The Morgan fingerprint density at radius 1 is 1.69 bits per heavy atom. The zero-order chi connectivity index (χ0) is 9.73. The van der Waals surface area contributed by atoms with Crippen LogP contribution in [0.3, 0.4) is 0 Å². The number of ketones is 1.